The number of anilines is 1. The fraction of sp³-hybridized carbons (Fsp3) is 0.200. The minimum absolute atomic E-state index is 0.313. The number of aromatic carboxylic acids is 1. The zero-order valence-electron chi connectivity index (χ0n) is 11.9. The van der Waals surface area contributed by atoms with Gasteiger partial charge in [-0.3, -0.25) is 4.99 Å². The number of amidine groups is 1. The molecule has 0 aliphatic carbocycles. The van der Waals surface area contributed by atoms with E-state index in [-0.39, 0.29) is 5.37 Å². The van der Waals surface area contributed by atoms with E-state index >= 15 is 0 Å². The van der Waals surface area contributed by atoms with Crippen molar-refractivity contribution < 1.29 is 9.90 Å². The molecule has 1 aromatic heterocycles. The maximum Gasteiger partial charge on any atom is 0.346 e. The van der Waals surface area contributed by atoms with E-state index in [1.807, 2.05) is 6.07 Å². The van der Waals surface area contributed by atoms with Crippen LogP contribution in [-0.2, 0) is 6.42 Å². The van der Waals surface area contributed by atoms with Crippen molar-refractivity contribution in [1.82, 2.24) is 0 Å². The molecule has 0 saturated carbocycles. The molecule has 2 N–H and O–H groups in total. The molecular weight excluding hydrogens is 375 g/mol. The summed E-state index contributed by atoms with van der Waals surface area (Å²) in [5.74, 6) is -0.218. The number of nitrogens with one attached hydrogen (secondary N) is 1. The summed E-state index contributed by atoms with van der Waals surface area (Å²) in [5.41, 5.74) is 2.50. The summed E-state index contributed by atoms with van der Waals surface area (Å²) in [6.07, 6.45) is 0.534. The summed E-state index contributed by atoms with van der Waals surface area (Å²) in [4.78, 5) is 16.1. The van der Waals surface area contributed by atoms with E-state index in [0.29, 0.717) is 32.7 Å². The Hall–Kier alpha value is -1.21. The Kier molecular flexibility index (Phi) is 4.60. The van der Waals surface area contributed by atoms with Gasteiger partial charge in [0.1, 0.15) is 21.1 Å². The van der Waals surface area contributed by atoms with Gasteiger partial charge in [0.05, 0.1) is 10.0 Å². The monoisotopic (exact) mass is 386 g/mol. The van der Waals surface area contributed by atoms with Gasteiger partial charge in [0.25, 0.3) is 0 Å². The number of hydrogen-bond acceptors (Lipinski definition) is 5. The first kappa shape index (κ1) is 16.6. The molecule has 1 unspecified atom stereocenters. The van der Waals surface area contributed by atoms with Gasteiger partial charge < -0.3 is 10.4 Å². The van der Waals surface area contributed by atoms with Crippen LogP contribution in [0.5, 0.6) is 0 Å². The lowest BCUT2D eigenvalue weighted by Crippen LogP contribution is -2.20. The van der Waals surface area contributed by atoms with E-state index in [1.54, 1.807) is 19.1 Å². The van der Waals surface area contributed by atoms with Crippen LogP contribution >= 0.6 is 47.2 Å². The number of thiol groups is 1. The standard InChI is InChI=1S/C15H12Cl2N2O2S2/c1-6-11-13(22)18-10(19-14(11)23-12(6)15(20)21)5-7-2-3-8(16)9(17)4-7/h2-4,13,22H,5H2,1H3,(H,18,19)(H,20,21). The van der Waals surface area contributed by atoms with Crippen LogP contribution in [0, 0.1) is 6.92 Å². The molecule has 2 heterocycles. The van der Waals surface area contributed by atoms with Crippen molar-refractivity contribution >= 4 is 64.0 Å². The summed E-state index contributed by atoms with van der Waals surface area (Å²) >= 11 is 17.6. The summed E-state index contributed by atoms with van der Waals surface area (Å²) in [6.45, 7) is 1.78. The first-order chi connectivity index (χ1) is 10.9. The molecule has 2 aromatic rings. The second-order valence-electron chi connectivity index (χ2n) is 5.10. The van der Waals surface area contributed by atoms with Crippen molar-refractivity contribution in [2.75, 3.05) is 5.32 Å². The molecular formula is C15H12Cl2N2O2S2. The lowest BCUT2D eigenvalue weighted by Gasteiger charge is -2.20. The van der Waals surface area contributed by atoms with Crippen LogP contribution in [0.3, 0.4) is 0 Å². The van der Waals surface area contributed by atoms with E-state index in [0.717, 1.165) is 16.1 Å². The molecule has 23 heavy (non-hydrogen) atoms. The predicted octanol–water partition coefficient (Wildman–Crippen LogP) is 5.06. The number of aliphatic imine (C=N–C) groups is 1. The summed E-state index contributed by atoms with van der Waals surface area (Å²) in [5, 5.41) is 13.9. The molecule has 1 aromatic carbocycles. The summed E-state index contributed by atoms with van der Waals surface area (Å²) in [6, 6.07) is 5.41. The number of carboxylic acids is 1. The Bertz CT molecular complexity index is 833. The Balaban J connectivity index is 1.88. The number of carboxylic acid groups (broad SMARTS) is 1. The Morgan fingerprint density at radius 2 is 2.17 bits per heavy atom. The molecule has 3 rings (SSSR count). The Labute approximate surface area is 152 Å². The van der Waals surface area contributed by atoms with Crippen molar-refractivity contribution in [2.24, 2.45) is 4.99 Å². The average molecular weight is 387 g/mol. The number of halogens is 2. The highest BCUT2D eigenvalue weighted by Gasteiger charge is 2.27. The highest BCUT2D eigenvalue weighted by Crippen LogP contribution is 2.42. The SMILES string of the molecule is Cc1c(C(=O)O)sc2c1C(S)N=C(Cc1ccc(Cl)c(Cl)c1)N2. The average Bonchev–Trinajstić information content (AvgIpc) is 2.80. The smallest absolute Gasteiger partial charge is 0.346 e. The number of fused-ring (bicyclic) bond motifs is 1. The third-order valence-corrected chi connectivity index (χ3v) is 5.86. The molecule has 0 bridgehead atoms. The van der Waals surface area contributed by atoms with Crippen LogP contribution in [0.4, 0.5) is 5.00 Å². The van der Waals surface area contributed by atoms with Crippen LogP contribution < -0.4 is 5.32 Å². The maximum absolute atomic E-state index is 11.3. The normalized spacial score (nSPS) is 16.5. The second kappa shape index (κ2) is 6.36. The Morgan fingerprint density at radius 3 is 2.83 bits per heavy atom. The molecule has 1 atom stereocenters. The van der Waals surface area contributed by atoms with Crippen molar-refractivity contribution in [3.05, 3.63) is 49.8 Å². The fourth-order valence-electron chi connectivity index (χ4n) is 2.44. The molecule has 0 radical (unpaired) electrons. The van der Waals surface area contributed by atoms with E-state index < -0.39 is 5.97 Å². The van der Waals surface area contributed by atoms with E-state index in [1.165, 1.54) is 11.3 Å². The molecule has 1 aliphatic rings. The third kappa shape index (κ3) is 3.21. The summed E-state index contributed by atoms with van der Waals surface area (Å²) in [7, 11) is 0. The van der Waals surface area contributed by atoms with Gasteiger partial charge in [-0.1, -0.05) is 29.3 Å². The van der Waals surface area contributed by atoms with E-state index in [2.05, 4.69) is 22.9 Å². The number of benzene rings is 1. The summed E-state index contributed by atoms with van der Waals surface area (Å²) < 4.78 is 0. The molecule has 0 amide bonds. The molecule has 4 nitrogen and oxygen atoms in total. The Morgan fingerprint density at radius 1 is 1.43 bits per heavy atom. The largest absolute Gasteiger partial charge is 0.477 e. The van der Waals surface area contributed by atoms with Crippen LogP contribution in [-0.4, -0.2) is 16.9 Å². The highest BCUT2D eigenvalue weighted by atomic mass is 35.5. The van der Waals surface area contributed by atoms with Gasteiger partial charge in [-0.05, 0) is 30.2 Å². The number of carbonyl (C=O) groups is 1. The number of nitrogens with zero attached hydrogens (tertiary/aromatic N) is 1. The van der Waals surface area contributed by atoms with Crippen molar-refractivity contribution in [3.8, 4) is 0 Å². The van der Waals surface area contributed by atoms with Crippen LogP contribution in [0.15, 0.2) is 23.2 Å². The van der Waals surface area contributed by atoms with Crippen LogP contribution in [0.2, 0.25) is 10.0 Å². The van der Waals surface area contributed by atoms with Gasteiger partial charge in [-0.2, -0.15) is 0 Å². The molecule has 120 valence electrons. The number of thiophene rings is 1. The molecule has 8 heteroatoms. The van der Waals surface area contributed by atoms with Gasteiger partial charge in [-0.25, -0.2) is 4.79 Å². The molecule has 0 saturated heterocycles. The molecule has 0 fully saturated rings. The van der Waals surface area contributed by atoms with Gasteiger partial charge >= 0.3 is 5.97 Å². The molecule has 1 aliphatic heterocycles. The number of rotatable bonds is 3. The first-order valence-corrected chi connectivity index (χ1v) is 8.78. The van der Waals surface area contributed by atoms with Crippen LogP contribution in [0.1, 0.15) is 31.7 Å². The van der Waals surface area contributed by atoms with Gasteiger partial charge in [0.15, 0.2) is 0 Å². The lowest BCUT2D eigenvalue weighted by molar-refractivity contribution is 0.0701. The van der Waals surface area contributed by atoms with Crippen molar-refractivity contribution in [1.29, 1.82) is 0 Å². The van der Waals surface area contributed by atoms with Gasteiger partial charge in [0.2, 0.25) is 0 Å². The van der Waals surface area contributed by atoms with Crippen molar-refractivity contribution in [2.45, 2.75) is 18.7 Å². The van der Waals surface area contributed by atoms with Crippen molar-refractivity contribution in [3.63, 3.8) is 0 Å². The fourth-order valence-corrected chi connectivity index (χ4v) is 4.41. The van der Waals surface area contributed by atoms with Gasteiger partial charge in [-0.15, -0.1) is 24.0 Å². The predicted molar refractivity (Wildman–Crippen MR) is 99.0 cm³/mol. The van der Waals surface area contributed by atoms with E-state index in [9.17, 15) is 9.90 Å². The minimum Gasteiger partial charge on any atom is -0.477 e. The van der Waals surface area contributed by atoms with E-state index in [4.69, 9.17) is 23.2 Å². The first-order valence-electron chi connectivity index (χ1n) is 6.69. The maximum atomic E-state index is 11.3. The quantitative estimate of drug-likeness (QED) is 0.646. The van der Waals surface area contributed by atoms with Gasteiger partial charge in [0, 0.05) is 12.0 Å². The molecule has 0 spiro atoms. The lowest BCUT2D eigenvalue weighted by atomic mass is 10.1. The second-order valence-corrected chi connectivity index (χ2v) is 7.43. The minimum atomic E-state index is -0.935. The third-order valence-electron chi connectivity index (χ3n) is 3.54. The zero-order chi connectivity index (χ0) is 16.7. The van der Waals surface area contributed by atoms with Crippen LogP contribution in [0.25, 0.3) is 0 Å². The number of hydrogen-bond donors (Lipinski definition) is 3. The zero-order valence-corrected chi connectivity index (χ0v) is 15.2. The topological polar surface area (TPSA) is 61.7 Å². The highest BCUT2D eigenvalue weighted by molar-refractivity contribution is 7.80.